The van der Waals surface area contributed by atoms with Gasteiger partial charge < -0.3 is 5.32 Å². The third kappa shape index (κ3) is 4.71. The van der Waals surface area contributed by atoms with Crippen LogP contribution in [0.15, 0.2) is 54.6 Å². The molecule has 0 saturated heterocycles. The van der Waals surface area contributed by atoms with Crippen LogP contribution < -0.4 is 5.32 Å². The number of hydrogen-bond acceptors (Lipinski definition) is 3. The van der Waals surface area contributed by atoms with Gasteiger partial charge in [-0.05, 0) is 29.3 Å². The molecule has 112 valence electrons. The van der Waals surface area contributed by atoms with Crippen LogP contribution in [0.2, 0.25) is 5.02 Å². The number of rotatable bonds is 5. The number of non-ortho nitro benzene ring substituents is 1. The van der Waals surface area contributed by atoms with E-state index in [9.17, 15) is 14.9 Å². The topological polar surface area (TPSA) is 72.2 Å². The van der Waals surface area contributed by atoms with E-state index in [0.29, 0.717) is 17.1 Å². The minimum atomic E-state index is -0.476. The number of nitrogens with one attached hydrogen (secondary N) is 1. The van der Waals surface area contributed by atoms with Gasteiger partial charge in [-0.2, -0.15) is 0 Å². The van der Waals surface area contributed by atoms with E-state index in [-0.39, 0.29) is 11.6 Å². The molecule has 0 spiro atoms. The minimum Gasteiger partial charge on any atom is -0.348 e. The second kappa shape index (κ2) is 7.38. The standard InChI is InChI=1S/C16H13ClN2O3/c17-14-5-1-4-13(9-14)11-18-16(20)8-7-12-3-2-6-15(10-12)19(21)22/h1-10H,11H2,(H,18,20). The summed E-state index contributed by atoms with van der Waals surface area (Å²) in [6, 6.07) is 13.3. The zero-order valence-corrected chi connectivity index (χ0v) is 12.3. The minimum absolute atomic E-state index is 0.0125. The van der Waals surface area contributed by atoms with Crippen molar-refractivity contribution in [1.82, 2.24) is 5.32 Å². The molecule has 0 aromatic heterocycles. The quantitative estimate of drug-likeness (QED) is 0.520. The van der Waals surface area contributed by atoms with Crippen molar-refractivity contribution < 1.29 is 9.72 Å². The van der Waals surface area contributed by atoms with Crippen LogP contribution in [-0.2, 0) is 11.3 Å². The van der Waals surface area contributed by atoms with Crippen molar-refractivity contribution in [3.05, 3.63) is 80.9 Å². The summed E-state index contributed by atoms with van der Waals surface area (Å²) in [5, 5.41) is 14.0. The van der Waals surface area contributed by atoms with Gasteiger partial charge in [0, 0.05) is 29.8 Å². The van der Waals surface area contributed by atoms with Crippen molar-refractivity contribution >= 4 is 29.3 Å². The summed E-state index contributed by atoms with van der Waals surface area (Å²) in [4.78, 5) is 21.9. The lowest BCUT2D eigenvalue weighted by molar-refractivity contribution is -0.384. The van der Waals surface area contributed by atoms with Gasteiger partial charge in [0.25, 0.3) is 5.69 Å². The van der Waals surface area contributed by atoms with Crippen molar-refractivity contribution in [2.75, 3.05) is 0 Å². The Hall–Kier alpha value is -2.66. The predicted molar refractivity (Wildman–Crippen MR) is 85.4 cm³/mol. The molecule has 0 aliphatic rings. The maximum atomic E-state index is 11.7. The van der Waals surface area contributed by atoms with Crippen molar-refractivity contribution in [2.45, 2.75) is 6.54 Å². The van der Waals surface area contributed by atoms with Gasteiger partial charge in [-0.3, -0.25) is 14.9 Å². The number of nitro groups is 1. The lowest BCUT2D eigenvalue weighted by atomic mass is 10.2. The van der Waals surface area contributed by atoms with Crippen molar-refractivity contribution in [1.29, 1.82) is 0 Å². The maximum absolute atomic E-state index is 11.7. The van der Waals surface area contributed by atoms with Gasteiger partial charge >= 0.3 is 0 Å². The normalized spacial score (nSPS) is 10.6. The average Bonchev–Trinajstić information content (AvgIpc) is 2.51. The number of amides is 1. The van der Waals surface area contributed by atoms with Crippen LogP contribution in [0.3, 0.4) is 0 Å². The third-order valence-electron chi connectivity index (χ3n) is 2.86. The predicted octanol–water partition coefficient (Wildman–Crippen LogP) is 3.58. The van der Waals surface area contributed by atoms with Gasteiger partial charge in [0.15, 0.2) is 0 Å². The summed E-state index contributed by atoms with van der Waals surface area (Å²) in [5.74, 6) is -0.286. The van der Waals surface area contributed by atoms with Crippen LogP contribution in [0.25, 0.3) is 6.08 Å². The Morgan fingerprint density at radius 1 is 1.23 bits per heavy atom. The smallest absolute Gasteiger partial charge is 0.270 e. The highest BCUT2D eigenvalue weighted by molar-refractivity contribution is 6.30. The second-order valence-electron chi connectivity index (χ2n) is 4.53. The highest BCUT2D eigenvalue weighted by Gasteiger charge is 2.04. The number of hydrogen-bond donors (Lipinski definition) is 1. The molecular formula is C16H13ClN2O3. The Morgan fingerprint density at radius 3 is 2.73 bits per heavy atom. The van der Waals surface area contributed by atoms with Gasteiger partial charge in [-0.15, -0.1) is 0 Å². The monoisotopic (exact) mass is 316 g/mol. The lowest BCUT2D eigenvalue weighted by Gasteiger charge is -2.02. The van der Waals surface area contributed by atoms with Crippen LogP contribution in [0.5, 0.6) is 0 Å². The Labute approximate surface area is 132 Å². The first-order valence-electron chi connectivity index (χ1n) is 6.49. The lowest BCUT2D eigenvalue weighted by Crippen LogP contribution is -2.20. The fraction of sp³-hybridized carbons (Fsp3) is 0.0625. The number of halogens is 1. The fourth-order valence-electron chi connectivity index (χ4n) is 1.81. The summed E-state index contributed by atoms with van der Waals surface area (Å²) >= 11 is 5.86. The van der Waals surface area contributed by atoms with E-state index in [1.54, 1.807) is 24.3 Å². The summed E-state index contributed by atoms with van der Waals surface area (Å²) in [5.41, 5.74) is 1.47. The van der Waals surface area contributed by atoms with Crippen LogP contribution in [0, 0.1) is 10.1 Å². The molecule has 1 amide bonds. The average molecular weight is 317 g/mol. The van der Waals surface area contributed by atoms with E-state index in [0.717, 1.165) is 5.56 Å². The molecule has 0 fully saturated rings. The molecule has 0 saturated carbocycles. The number of nitro benzene ring substituents is 1. The Balaban J connectivity index is 1.94. The van der Waals surface area contributed by atoms with Gasteiger partial charge in [0.05, 0.1) is 4.92 Å². The van der Waals surface area contributed by atoms with Crippen LogP contribution in [0.1, 0.15) is 11.1 Å². The van der Waals surface area contributed by atoms with E-state index in [1.807, 2.05) is 12.1 Å². The summed E-state index contributed by atoms with van der Waals surface area (Å²) in [6.45, 7) is 0.360. The highest BCUT2D eigenvalue weighted by Crippen LogP contribution is 2.14. The SMILES string of the molecule is O=C(C=Cc1cccc([N+](=O)[O-])c1)NCc1cccc(Cl)c1. The molecule has 2 aromatic rings. The summed E-state index contributed by atoms with van der Waals surface area (Å²) in [7, 11) is 0. The van der Waals surface area contributed by atoms with E-state index < -0.39 is 4.92 Å². The van der Waals surface area contributed by atoms with Gasteiger partial charge in [-0.25, -0.2) is 0 Å². The van der Waals surface area contributed by atoms with Gasteiger partial charge in [-0.1, -0.05) is 35.9 Å². The first kappa shape index (κ1) is 15.7. The summed E-state index contributed by atoms with van der Waals surface area (Å²) < 4.78 is 0. The molecule has 0 aliphatic carbocycles. The molecule has 5 nitrogen and oxygen atoms in total. The number of nitrogens with zero attached hydrogens (tertiary/aromatic N) is 1. The van der Waals surface area contributed by atoms with Gasteiger partial charge in [0.2, 0.25) is 5.91 Å². The number of benzene rings is 2. The highest BCUT2D eigenvalue weighted by atomic mass is 35.5. The second-order valence-corrected chi connectivity index (χ2v) is 4.97. The molecule has 22 heavy (non-hydrogen) atoms. The van der Waals surface area contributed by atoms with Crippen molar-refractivity contribution in [2.24, 2.45) is 0 Å². The first-order valence-corrected chi connectivity index (χ1v) is 6.87. The maximum Gasteiger partial charge on any atom is 0.270 e. The zero-order chi connectivity index (χ0) is 15.9. The molecule has 6 heteroatoms. The van der Waals surface area contributed by atoms with Crippen LogP contribution >= 0.6 is 11.6 Å². The Kier molecular flexibility index (Phi) is 5.27. The molecule has 0 aliphatic heterocycles. The summed E-state index contributed by atoms with van der Waals surface area (Å²) in [6.07, 6.45) is 2.86. The van der Waals surface area contributed by atoms with Crippen LogP contribution in [-0.4, -0.2) is 10.8 Å². The van der Waals surface area contributed by atoms with E-state index in [4.69, 9.17) is 11.6 Å². The number of carbonyl (C=O) groups is 1. The first-order chi connectivity index (χ1) is 10.5. The molecule has 0 unspecified atom stereocenters. The largest absolute Gasteiger partial charge is 0.348 e. The van der Waals surface area contributed by atoms with Gasteiger partial charge in [0.1, 0.15) is 0 Å². The van der Waals surface area contributed by atoms with E-state index in [1.165, 1.54) is 24.3 Å². The zero-order valence-electron chi connectivity index (χ0n) is 11.5. The van der Waals surface area contributed by atoms with E-state index in [2.05, 4.69) is 5.32 Å². The van der Waals surface area contributed by atoms with Crippen molar-refractivity contribution in [3.63, 3.8) is 0 Å². The van der Waals surface area contributed by atoms with E-state index >= 15 is 0 Å². The molecule has 1 N–H and O–H groups in total. The fourth-order valence-corrected chi connectivity index (χ4v) is 2.02. The number of carbonyl (C=O) groups excluding carboxylic acids is 1. The molecular weight excluding hydrogens is 304 g/mol. The molecule has 2 rings (SSSR count). The molecule has 0 radical (unpaired) electrons. The Bertz CT molecular complexity index is 729. The Morgan fingerprint density at radius 2 is 2.00 bits per heavy atom. The van der Waals surface area contributed by atoms with Crippen molar-refractivity contribution in [3.8, 4) is 0 Å². The molecule has 0 heterocycles. The van der Waals surface area contributed by atoms with Crippen LogP contribution in [0.4, 0.5) is 5.69 Å². The molecule has 0 atom stereocenters. The third-order valence-corrected chi connectivity index (χ3v) is 3.10. The molecule has 2 aromatic carbocycles. The molecule has 0 bridgehead atoms.